The van der Waals surface area contributed by atoms with E-state index in [1.807, 2.05) is 0 Å². The van der Waals surface area contributed by atoms with E-state index < -0.39 is 16.3 Å². The van der Waals surface area contributed by atoms with Crippen LogP contribution in [-0.4, -0.2) is 22.9 Å². The molecule has 1 heterocycles. The second kappa shape index (κ2) is 3.16. The number of rotatable bonds is 2. The third kappa shape index (κ3) is 2.34. The predicted molar refractivity (Wildman–Crippen MR) is 45.6 cm³/mol. The molecule has 1 aromatic rings. The van der Waals surface area contributed by atoms with E-state index in [9.17, 15) is 13.0 Å². The third-order valence-electron chi connectivity index (χ3n) is 1.14. The molecule has 1 rings (SSSR count). The number of hydrogen-bond donors (Lipinski definition) is 3. The lowest BCUT2D eigenvalue weighted by Crippen LogP contribution is -2.13. The highest BCUT2D eigenvalue weighted by Gasteiger charge is 2.11. The molecule has 0 amide bonds. The van der Waals surface area contributed by atoms with Crippen molar-refractivity contribution in [3.05, 3.63) is 0 Å². The lowest BCUT2D eigenvalue weighted by Gasteiger charge is -2.10. The number of anilines is 3. The van der Waals surface area contributed by atoms with Gasteiger partial charge in [-0.1, -0.05) is 0 Å². The second-order valence-electron chi connectivity index (χ2n) is 2.18. The molecule has 0 aromatic carbocycles. The number of nitrogens with zero attached hydrogens (tertiary/aromatic N) is 2. The van der Waals surface area contributed by atoms with Crippen LogP contribution in [0.25, 0.3) is 0 Å². The molecule has 0 saturated carbocycles. The molecule has 0 aliphatic rings. The van der Waals surface area contributed by atoms with Gasteiger partial charge >= 0.3 is 0 Å². The highest BCUT2D eigenvalue weighted by atomic mass is 32.3. The minimum atomic E-state index is -4.96. The summed E-state index contributed by atoms with van der Waals surface area (Å²) >= 11 is 0. The zero-order chi connectivity index (χ0) is 10.9. The molecule has 14 heavy (non-hydrogen) atoms. The van der Waals surface area contributed by atoms with Crippen LogP contribution in [0.4, 0.5) is 17.5 Å². The van der Waals surface area contributed by atoms with Gasteiger partial charge in [-0.05, 0) is 0 Å². The van der Waals surface area contributed by atoms with Gasteiger partial charge in [0.25, 0.3) is 16.3 Å². The van der Waals surface area contributed by atoms with Crippen LogP contribution >= 0.6 is 0 Å². The van der Waals surface area contributed by atoms with Gasteiger partial charge < -0.3 is 25.9 Å². The van der Waals surface area contributed by atoms with E-state index in [0.29, 0.717) is 0 Å². The Labute approximate surface area is 78.8 Å². The second-order valence-corrected chi connectivity index (χ2v) is 3.16. The number of aromatic nitrogens is 2. The molecule has 0 bridgehead atoms. The van der Waals surface area contributed by atoms with E-state index in [1.165, 1.54) is 0 Å². The highest BCUT2D eigenvalue weighted by Crippen LogP contribution is 2.24. The van der Waals surface area contributed by atoms with E-state index in [4.69, 9.17) is 17.2 Å². The fourth-order valence-corrected chi connectivity index (χ4v) is 0.963. The highest BCUT2D eigenvalue weighted by molar-refractivity contribution is 7.81. The van der Waals surface area contributed by atoms with E-state index >= 15 is 0 Å². The molecule has 0 saturated heterocycles. The zero-order valence-corrected chi connectivity index (χ0v) is 7.48. The SMILES string of the molecule is Nc1nc(N)c(N)c(OS(=O)(=O)[O-])n1. The first-order valence-electron chi connectivity index (χ1n) is 3.13. The Morgan fingerprint density at radius 3 is 2.29 bits per heavy atom. The summed E-state index contributed by atoms with van der Waals surface area (Å²) in [6, 6.07) is 0. The Morgan fingerprint density at radius 2 is 1.79 bits per heavy atom. The quantitative estimate of drug-likeness (QED) is 0.378. The predicted octanol–water partition coefficient (Wildman–Crippen LogP) is -1.94. The summed E-state index contributed by atoms with van der Waals surface area (Å²) in [4.78, 5) is 6.69. The van der Waals surface area contributed by atoms with E-state index in [1.54, 1.807) is 0 Å². The number of hydrogen-bond acceptors (Lipinski definition) is 9. The molecule has 0 fully saturated rings. The lowest BCUT2D eigenvalue weighted by molar-refractivity contribution is 0.368. The van der Waals surface area contributed by atoms with Crippen molar-refractivity contribution in [1.82, 2.24) is 9.97 Å². The first kappa shape index (κ1) is 10.3. The summed E-state index contributed by atoms with van der Waals surface area (Å²) in [5, 5.41) is 0. The molecule has 1 aromatic heterocycles. The van der Waals surface area contributed by atoms with Gasteiger partial charge in [0.2, 0.25) is 5.95 Å². The summed E-state index contributed by atoms with van der Waals surface area (Å²) in [7, 11) is -4.96. The molecule has 6 N–H and O–H groups in total. The van der Waals surface area contributed by atoms with Gasteiger partial charge in [-0.3, -0.25) is 0 Å². The smallest absolute Gasteiger partial charge is 0.264 e. The molecule has 78 valence electrons. The van der Waals surface area contributed by atoms with Gasteiger partial charge in [0.15, 0.2) is 5.82 Å². The number of nitrogen functional groups attached to an aromatic ring is 3. The molecular formula is C4H6N5O4S-. The van der Waals surface area contributed by atoms with Crippen molar-refractivity contribution in [2.75, 3.05) is 17.2 Å². The average Bonchev–Trinajstić information content (AvgIpc) is 1.96. The molecule has 0 unspecified atom stereocenters. The van der Waals surface area contributed by atoms with Crippen LogP contribution in [0.2, 0.25) is 0 Å². The third-order valence-corrected chi connectivity index (χ3v) is 1.50. The summed E-state index contributed by atoms with van der Waals surface area (Å²) < 4.78 is 34.5. The Kier molecular flexibility index (Phi) is 2.32. The van der Waals surface area contributed by atoms with Crippen molar-refractivity contribution in [3.63, 3.8) is 0 Å². The lowest BCUT2D eigenvalue weighted by atomic mass is 10.5. The van der Waals surface area contributed by atoms with Crippen LogP contribution in [0.15, 0.2) is 0 Å². The van der Waals surface area contributed by atoms with Gasteiger partial charge in [-0.25, -0.2) is 8.42 Å². The summed E-state index contributed by atoms with van der Waals surface area (Å²) in [5.41, 5.74) is 15.2. The van der Waals surface area contributed by atoms with E-state index in [2.05, 4.69) is 14.2 Å². The van der Waals surface area contributed by atoms with Crippen molar-refractivity contribution in [1.29, 1.82) is 0 Å². The van der Waals surface area contributed by atoms with E-state index in [0.717, 1.165) is 0 Å². The average molecular weight is 220 g/mol. The zero-order valence-electron chi connectivity index (χ0n) is 6.67. The summed E-state index contributed by atoms with van der Waals surface area (Å²) in [6.07, 6.45) is 0. The largest absolute Gasteiger partial charge is 0.716 e. The van der Waals surface area contributed by atoms with Crippen LogP contribution in [0.5, 0.6) is 5.88 Å². The first-order valence-corrected chi connectivity index (χ1v) is 4.46. The van der Waals surface area contributed by atoms with Crippen LogP contribution in [0, 0.1) is 0 Å². The normalized spacial score (nSPS) is 11.2. The molecule has 0 aliphatic carbocycles. The molecule has 10 heteroatoms. The maximum absolute atomic E-state index is 10.2. The van der Waals surface area contributed by atoms with Gasteiger partial charge in [0, 0.05) is 0 Å². The fourth-order valence-electron chi connectivity index (χ4n) is 0.643. The van der Waals surface area contributed by atoms with Crippen molar-refractivity contribution in [2.45, 2.75) is 0 Å². The molecule has 0 aliphatic heterocycles. The van der Waals surface area contributed by atoms with Crippen LogP contribution in [0.1, 0.15) is 0 Å². The Hall–Kier alpha value is -1.81. The van der Waals surface area contributed by atoms with Gasteiger partial charge in [-0.2, -0.15) is 9.97 Å². The number of nitrogens with two attached hydrogens (primary N) is 3. The fraction of sp³-hybridized carbons (Fsp3) is 0. The van der Waals surface area contributed by atoms with Crippen molar-refractivity contribution in [3.8, 4) is 5.88 Å². The molecule has 9 nitrogen and oxygen atoms in total. The van der Waals surface area contributed by atoms with Gasteiger partial charge in [-0.15, -0.1) is 0 Å². The van der Waals surface area contributed by atoms with Gasteiger partial charge in [0.05, 0.1) is 0 Å². The Balaban J connectivity index is 3.22. The minimum absolute atomic E-state index is 0.267. The molecule has 0 spiro atoms. The molecule has 0 radical (unpaired) electrons. The Bertz CT molecular complexity index is 457. The topological polar surface area (TPSA) is 170 Å². The van der Waals surface area contributed by atoms with Crippen LogP contribution in [0.3, 0.4) is 0 Å². The van der Waals surface area contributed by atoms with Crippen molar-refractivity contribution >= 4 is 27.9 Å². The summed E-state index contributed by atoms with van der Waals surface area (Å²) in [6.45, 7) is 0. The first-order chi connectivity index (χ1) is 6.29. The van der Waals surface area contributed by atoms with E-state index in [-0.39, 0.29) is 17.5 Å². The van der Waals surface area contributed by atoms with Crippen molar-refractivity contribution in [2.24, 2.45) is 0 Å². The maximum atomic E-state index is 10.2. The summed E-state index contributed by atoms with van der Waals surface area (Å²) in [5.74, 6) is -1.29. The van der Waals surface area contributed by atoms with Crippen LogP contribution < -0.4 is 21.4 Å². The minimum Gasteiger partial charge on any atom is -0.716 e. The molecule has 0 atom stereocenters. The van der Waals surface area contributed by atoms with Gasteiger partial charge in [0.1, 0.15) is 5.69 Å². The monoisotopic (exact) mass is 220 g/mol. The molecular weight excluding hydrogens is 214 g/mol. The van der Waals surface area contributed by atoms with Crippen molar-refractivity contribution < 1.29 is 17.2 Å². The Morgan fingerprint density at radius 1 is 1.21 bits per heavy atom. The maximum Gasteiger partial charge on any atom is 0.264 e. The van der Waals surface area contributed by atoms with Crippen LogP contribution in [-0.2, 0) is 10.4 Å². The standard InChI is InChI=1S/C4H7N5O4S/c5-1-2(6)8-4(7)9-3(1)13-14(10,11)12/h5H2,(H,10,11,12)(H4,6,7,8,9)/p-1.